The SMILES string of the molecule is Cc1nn(C)c2nc(C3CC3)cc(C(=O)NCC3(CN4CCCCC4)CCOCC3)c12. The van der Waals surface area contributed by atoms with Crippen LogP contribution in [0.2, 0.25) is 0 Å². The summed E-state index contributed by atoms with van der Waals surface area (Å²) in [6, 6.07) is 2.02. The van der Waals surface area contributed by atoms with Crippen molar-refractivity contribution >= 4 is 16.9 Å². The highest BCUT2D eigenvalue weighted by Crippen LogP contribution is 2.40. The van der Waals surface area contributed by atoms with E-state index in [4.69, 9.17) is 9.72 Å². The molecule has 1 N–H and O–H groups in total. The van der Waals surface area contributed by atoms with Crippen molar-refractivity contribution in [2.45, 2.75) is 57.8 Å². The molecule has 0 spiro atoms. The Balaban J connectivity index is 1.38. The van der Waals surface area contributed by atoms with Crippen LogP contribution in [0.3, 0.4) is 0 Å². The van der Waals surface area contributed by atoms with Crippen molar-refractivity contribution in [3.8, 4) is 0 Å². The number of rotatable bonds is 6. The Kier molecular flexibility index (Phi) is 5.73. The lowest BCUT2D eigenvalue weighted by molar-refractivity contribution is -0.00671. The van der Waals surface area contributed by atoms with Crippen molar-refractivity contribution in [2.75, 3.05) is 39.4 Å². The molecule has 0 unspecified atom stereocenters. The van der Waals surface area contributed by atoms with E-state index in [0.29, 0.717) is 12.5 Å². The van der Waals surface area contributed by atoms with Crippen LogP contribution in [0, 0.1) is 12.3 Å². The molecule has 4 heterocycles. The molecule has 2 aromatic rings. The zero-order valence-electron chi connectivity index (χ0n) is 19.0. The normalized spacial score (nSPS) is 22.0. The summed E-state index contributed by atoms with van der Waals surface area (Å²) in [7, 11) is 1.91. The Labute approximate surface area is 184 Å². The van der Waals surface area contributed by atoms with Gasteiger partial charge in [-0.1, -0.05) is 6.42 Å². The van der Waals surface area contributed by atoms with E-state index in [1.807, 2.05) is 24.7 Å². The molecule has 0 aromatic carbocycles. The molecule has 0 radical (unpaired) electrons. The second-order valence-corrected chi connectivity index (χ2v) is 9.91. The second kappa shape index (κ2) is 8.51. The van der Waals surface area contributed by atoms with Gasteiger partial charge in [-0.3, -0.25) is 9.48 Å². The molecule has 7 heteroatoms. The number of aromatic nitrogens is 3. The number of hydrogen-bond donors (Lipinski definition) is 1. The Morgan fingerprint density at radius 2 is 1.97 bits per heavy atom. The van der Waals surface area contributed by atoms with Crippen LogP contribution in [0.1, 0.15) is 72.6 Å². The van der Waals surface area contributed by atoms with E-state index in [9.17, 15) is 4.79 Å². The smallest absolute Gasteiger partial charge is 0.252 e. The maximum Gasteiger partial charge on any atom is 0.252 e. The number of likely N-dealkylation sites (tertiary alicyclic amines) is 1. The number of carbonyl (C=O) groups excluding carboxylic acids is 1. The summed E-state index contributed by atoms with van der Waals surface area (Å²) in [6.45, 7) is 7.67. The Bertz CT molecular complexity index is 953. The van der Waals surface area contributed by atoms with Crippen LogP contribution in [0.4, 0.5) is 0 Å². The first kappa shape index (κ1) is 20.9. The van der Waals surface area contributed by atoms with Gasteiger partial charge in [0.2, 0.25) is 0 Å². The third-order valence-electron chi connectivity index (χ3n) is 7.41. The lowest BCUT2D eigenvalue weighted by atomic mass is 9.79. The summed E-state index contributed by atoms with van der Waals surface area (Å²) >= 11 is 0. The van der Waals surface area contributed by atoms with Crippen molar-refractivity contribution in [3.05, 3.63) is 23.0 Å². The van der Waals surface area contributed by atoms with Gasteiger partial charge < -0.3 is 15.0 Å². The first-order valence-corrected chi connectivity index (χ1v) is 12.0. The van der Waals surface area contributed by atoms with Gasteiger partial charge >= 0.3 is 0 Å². The number of nitrogens with one attached hydrogen (secondary N) is 1. The molecule has 0 atom stereocenters. The highest BCUT2D eigenvalue weighted by atomic mass is 16.5. The number of nitrogens with zero attached hydrogens (tertiary/aromatic N) is 4. The standard InChI is InChI=1S/C24H35N5O2/c1-17-21-19(14-20(18-6-7-18)26-22(21)28(2)27-17)23(30)25-15-24(8-12-31-13-9-24)16-29-10-4-3-5-11-29/h14,18H,3-13,15-16H2,1-2H3,(H,25,30). The lowest BCUT2D eigenvalue weighted by Crippen LogP contribution is -2.49. The molecule has 168 valence electrons. The van der Waals surface area contributed by atoms with E-state index in [0.717, 1.165) is 73.4 Å². The van der Waals surface area contributed by atoms with Crippen LogP contribution in [0.25, 0.3) is 11.0 Å². The lowest BCUT2D eigenvalue weighted by Gasteiger charge is -2.42. The number of pyridine rings is 1. The van der Waals surface area contributed by atoms with E-state index >= 15 is 0 Å². The molecule has 2 aliphatic heterocycles. The maximum atomic E-state index is 13.5. The van der Waals surface area contributed by atoms with Gasteiger partial charge in [0.1, 0.15) is 0 Å². The Morgan fingerprint density at radius 1 is 1.23 bits per heavy atom. The maximum absolute atomic E-state index is 13.5. The van der Waals surface area contributed by atoms with E-state index in [2.05, 4.69) is 15.3 Å². The first-order chi connectivity index (χ1) is 15.0. The molecule has 0 bridgehead atoms. The minimum Gasteiger partial charge on any atom is -0.381 e. The molecular weight excluding hydrogens is 390 g/mol. The average molecular weight is 426 g/mol. The van der Waals surface area contributed by atoms with Gasteiger partial charge in [0, 0.05) is 50.4 Å². The number of ether oxygens (including phenoxy) is 1. The van der Waals surface area contributed by atoms with Gasteiger partial charge in [-0.15, -0.1) is 0 Å². The van der Waals surface area contributed by atoms with Crippen molar-refractivity contribution in [2.24, 2.45) is 12.5 Å². The van der Waals surface area contributed by atoms with Crippen LogP contribution in [-0.2, 0) is 11.8 Å². The van der Waals surface area contributed by atoms with Crippen molar-refractivity contribution in [1.82, 2.24) is 25.0 Å². The highest BCUT2D eigenvalue weighted by molar-refractivity contribution is 6.06. The van der Waals surface area contributed by atoms with Gasteiger partial charge in [-0.2, -0.15) is 5.10 Å². The topological polar surface area (TPSA) is 72.3 Å². The Hall–Kier alpha value is -1.99. The van der Waals surface area contributed by atoms with Gasteiger partial charge in [-0.05, 0) is 64.6 Å². The predicted molar refractivity (Wildman–Crippen MR) is 120 cm³/mol. The minimum atomic E-state index is 0.00918. The van der Waals surface area contributed by atoms with Crippen LogP contribution >= 0.6 is 0 Å². The molecule has 31 heavy (non-hydrogen) atoms. The minimum absolute atomic E-state index is 0.00918. The van der Waals surface area contributed by atoms with E-state index in [1.165, 1.54) is 32.4 Å². The number of amides is 1. The van der Waals surface area contributed by atoms with Crippen LogP contribution in [0.15, 0.2) is 6.07 Å². The molecule has 1 amide bonds. The molecule has 1 aliphatic carbocycles. The summed E-state index contributed by atoms with van der Waals surface area (Å²) in [5.41, 5.74) is 3.56. The van der Waals surface area contributed by atoms with E-state index in [-0.39, 0.29) is 11.3 Å². The monoisotopic (exact) mass is 425 g/mol. The summed E-state index contributed by atoms with van der Waals surface area (Å²) < 4.78 is 7.49. The molecule has 2 saturated heterocycles. The summed E-state index contributed by atoms with van der Waals surface area (Å²) in [5, 5.41) is 8.76. The van der Waals surface area contributed by atoms with Crippen LogP contribution in [-0.4, -0.2) is 65.0 Å². The molecule has 7 nitrogen and oxygen atoms in total. The largest absolute Gasteiger partial charge is 0.381 e. The number of carbonyl (C=O) groups is 1. The van der Waals surface area contributed by atoms with Crippen LogP contribution < -0.4 is 5.32 Å². The Morgan fingerprint density at radius 3 is 2.68 bits per heavy atom. The van der Waals surface area contributed by atoms with Crippen molar-refractivity contribution in [3.63, 3.8) is 0 Å². The molecular formula is C24H35N5O2. The number of aryl methyl sites for hydroxylation is 2. The third kappa shape index (κ3) is 4.35. The fraction of sp³-hybridized carbons (Fsp3) is 0.708. The average Bonchev–Trinajstić information content (AvgIpc) is 3.59. The summed E-state index contributed by atoms with van der Waals surface area (Å²) in [4.78, 5) is 20.9. The fourth-order valence-corrected chi connectivity index (χ4v) is 5.38. The summed E-state index contributed by atoms with van der Waals surface area (Å²) in [5.74, 6) is 0.502. The third-order valence-corrected chi connectivity index (χ3v) is 7.41. The first-order valence-electron chi connectivity index (χ1n) is 12.0. The van der Waals surface area contributed by atoms with Gasteiger partial charge in [0.15, 0.2) is 5.65 Å². The molecule has 1 saturated carbocycles. The fourth-order valence-electron chi connectivity index (χ4n) is 5.38. The van der Waals surface area contributed by atoms with Crippen molar-refractivity contribution in [1.29, 1.82) is 0 Å². The van der Waals surface area contributed by atoms with Gasteiger partial charge in [0.05, 0.1) is 16.6 Å². The second-order valence-electron chi connectivity index (χ2n) is 9.91. The van der Waals surface area contributed by atoms with Crippen LogP contribution in [0.5, 0.6) is 0 Å². The molecule has 3 fully saturated rings. The van der Waals surface area contributed by atoms with E-state index < -0.39 is 0 Å². The number of piperidine rings is 1. The zero-order valence-corrected chi connectivity index (χ0v) is 19.0. The van der Waals surface area contributed by atoms with Gasteiger partial charge in [-0.25, -0.2) is 4.98 Å². The molecule has 3 aliphatic rings. The zero-order chi connectivity index (χ0) is 21.4. The number of fused-ring (bicyclic) bond motifs is 1. The highest BCUT2D eigenvalue weighted by Gasteiger charge is 2.36. The molecule has 5 rings (SSSR count). The van der Waals surface area contributed by atoms with E-state index in [1.54, 1.807) is 0 Å². The van der Waals surface area contributed by atoms with Gasteiger partial charge in [0.25, 0.3) is 5.91 Å². The summed E-state index contributed by atoms with van der Waals surface area (Å²) in [6.07, 6.45) is 8.26. The number of hydrogen-bond acceptors (Lipinski definition) is 5. The quantitative estimate of drug-likeness (QED) is 0.770. The predicted octanol–water partition coefficient (Wildman–Crippen LogP) is 3.17. The van der Waals surface area contributed by atoms with Crippen molar-refractivity contribution < 1.29 is 9.53 Å². The molecule has 2 aromatic heterocycles.